The van der Waals surface area contributed by atoms with Crippen molar-refractivity contribution in [1.29, 1.82) is 0 Å². The lowest BCUT2D eigenvalue weighted by atomic mass is 9.87. The Hall–Kier alpha value is -1.35. The largest absolute Gasteiger partial charge is 0.378 e. The van der Waals surface area contributed by atoms with Crippen LogP contribution >= 0.6 is 0 Å². The molecule has 0 aromatic heterocycles. The zero-order valence-corrected chi connectivity index (χ0v) is 10.8. The average molecular weight is 247 g/mol. The van der Waals surface area contributed by atoms with E-state index >= 15 is 0 Å². The van der Waals surface area contributed by atoms with Crippen LogP contribution in [-0.2, 0) is 4.79 Å². The summed E-state index contributed by atoms with van der Waals surface area (Å²) in [4.78, 5) is 12.0. The summed E-state index contributed by atoms with van der Waals surface area (Å²) in [5.74, 6) is 0.387. The van der Waals surface area contributed by atoms with Gasteiger partial charge in [0.1, 0.15) is 0 Å². The molecule has 3 nitrogen and oxygen atoms in total. The number of aliphatic hydroxyl groups excluding tert-OH is 1. The summed E-state index contributed by atoms with van der Waals surface area (Å²) in [6.45, 7) is 2.21. The predicted molar refractivity (Wildman–Crippen MR) is 71.0 cm³/mol. The van der Waals surface area contributed by atoms with Gasteiger partial charge in [0.05, 0.1) is 0 Å². The fourth-order valence-electron chi connectivity index (χ4n) is 2.63. The molecule has 98 valence electrons. The van der Waals surface area contributed by atoms with Crippen molar-refractivity contribution in [3.63, 3.8) is 0 Å². The maximum atomic E-state index is 12.0. The third kappa shape index (κ3) is 3.33. The first-order chi connectivity index (χ1) is 8.66. The zero-order chi connectivity index (χ0) is 13.0. The highest BCUT2D eigenvalue weighted by Gasteiger charge is 2.24. The number of hydrogen-bond donors (Lipinski definition) is 2. The number of hydrogen-bond acceptors (Lipinski definition) is 2. The molecule has 0 spiro atoms. The van der Waals surface area contributed by atoms with Gasteiger partial charge in [0, 0.05) is 6.04 Å². The number of aliphatic hydroxyl groups is 1. The van der Waals surface area contributed by atoms with E-state index in [-0.39, 0.29) is 11.9 Å². The van der Waals surface area contributed by atoms with Gasteiger partial charge in [0.2, 0.25) is 0 Å². The lowest BCUT2D eigenvalue weighted by molar-refractivity contribution is -0.130. The van der Waals surface area contributed by atoms with E-state index in [1.54, 1.807) is 12.1 Å². The first-order valence-electron chi connectivity index (χ1n) is 6.70. The molecule has 18 heavy (non-hydrogen) atoms. The fraction of sp³-hybridized carbons (Fsp3) is 0.533. The second-order valence-electron chi connectivity index (χ2n) is 5.29. The number of rotatable bonds is 3. The number of carbonyl (C=O) groups excluding carboxylic acids is 1. The Labute approximate surface area is 108 Å². The Morgan fingerprint density at radius 2 is 2.06 bits per heavy atom. The molecule has 3 unspecified atom stereocenters. The molecule has 0 aliphatic heterocycles. The zero-order valence-electron chi connectivity index (χ0n) is 10.8. The molecule has 0 radical (unpaired) electrons. The first-order valence-corrected chi connectivity index (χ1v) is 6.70. The molecule has 1 amide bonds. The fourth-order valence-corrected chi connectivity index (χ4v) is 2.63. The summed E-state index contributed by atoms with van der Waals surface area (Å²) in [6, 6.07) is 9.29. The molecule has 0 saturated heterocycles. The van der Waals surface area contributed by atoms with Crippen LogP contribution in [0.4, 0.5) is 0 Å². The molecule has 3 heteroatoms. The molecule has 1 saturated carbocycles. The minimum absolute atomic E-state index is 0.222. The molecule has 2 rings (SSSR count). The van der Waals surface area contributed by atoms with Crippen molar-refractivity contribution in [2.75, 3.05) is 0 Å². The van der Waals surface area contributed by atoms with Crippen molar-refractivity contribution < 1.29 is 9.90 Å². The van der Waals surface area contributed by atoms with Gasteiger partial charge in [-0.15, -0.1) is 0 Å². The highest BCUT2D eigenvalue weighted by Crippen LogP contribution is 2.24. The number of carbonyl (C=O) groups is 1. The molecule has 1 aromatic carbocycles. The molecule has 0 bridgehead atoms. The van der Waals surface area contributed by atoms with Gasteiger partial charge in [-0.3, -0.25) is 4.79 Å². The minimum atomic E-state index is -1.05. The lowest BCUT2D eigenvalue weighted by Gasteiger charge is -2.28. The van der Waals surface area contributed by atoms with Gasteiger partial charge in [0.15, 0.2) is 6.10 Å². The van der Waals surface area contributed by atoms with E-state index in [0.717, 1.165) is 19.3 Å². The highest BCUT2D eigenvalue weighted by atomic mass is 16.3. The van der Waals surface area contributed by atoms with Crippen LogP contribution in [0, 0.1) is 5.92 Å². The van der Waals surface area contributed by atoms with Crippen LogP contribution in [0.15, 0.2) is 30.3 Å². The molecule has 1 aromatic rings. The van der Waals surface area contributed by atoms with Gasteiger partial charge in [-0.1, -0.05) is 50.1 Å². The van der Waals surface area contributed by atoms with Crippen LogP contribution in [0.25, 0.3) is 0 Å². The first kappa shape index (κ1) is 13.1. The summed E-state index contributed by atoms with van der Waals surface area (Å²) in [6.07, 6.45) is 3.40. The third-order valence-corrected chi connectivity index (χ3v) is 3.65. The molecule has 0 heterocycles. The minimum Gasteiger partial charge on any atom is -0.378 e. The van der Waals surface area contributed by atoms with E-state index in [1.807, 2.05) is 18.2 Å². The Morgan fingerprint density at radius 1 is 1.33 bits per heavy atom. The van der Waals surface area contributed by atoms with Gasteiger partial charge in [-0.05, 0) is 24.3 Å². The second-order valence-corrected chi connectivity index (χ2v) is 5.29. The predicted octanol–water partition coefficient (Wildman–Crippen LogP) is 2.41. The summed E-state index contributed by atoms with van der Waals surface area (Å²) in [5.41, 5.74) is 0.652. The van der Waals surface area contributed by atoms with E-state index in [4.69, 9.17) is 0 Å². The molecule has 3 atom stereocenters. The lowest BCUT2D eigenvalue weighted by Crippen LogP contribution is -2.40. The van der Waals surface area contributed by atoms with Gasteiger partial charge in [-0.25, -0.2) is 0 Å². The molecular weight excluding hydrogens is 226 g/mol. The maximum Gasteiger partial charge on any atom is 0.253 e. The standard InChI is InChI=1S/C15H21NO2/c1-11-6-5-9-13(10-11)16-15(18)14(17)12-7-3-2-4-8-12/h2-4,7-8,11,13-14,17H,5-6,9-10H2,1H3,(H,16,18). The van der Waals surface area contributed by atoms with Crippen molar-refractivity contribution in [2.45, 2.75) is 44.8 Å². The van der Waals surface area contributed by atoms with Crippen molar-refractivity contribution >= 4 is 5.91 Å². The van der Waals surface area contributed by atoms with Crippen LogP contribution in [-0.4, -0.2) is 17.1 Å². The summed E-state index contributed by atoms with van der Waals surface area (Å²) < 4.78 is 0. The van der Waals surface area contributed by atoms with Crippen molar-refractivity contribution in [3.05, 3.63) is 35.9 Å². The van der Waals surface area contributed by atoms with Crippen LogP contribution in [0.2, 0.25) is 0 Å². The van der Waals surface area contributed by atoms with Gasteiger partial charge in [0.25, 0.3) is 5.91 Å². The SMILES string of the molecule is CC1CCCC(NC(=O)C(O)c2ccccc2)C1. The second kappa shape index (κ2) is 6.01. The Kier molecular flexibility index (Phi) is 4.37. The Bertz CT molecular complexity index is 391. The van der Waals surface area contributed by atoms with Gasteiger partial charge >= 0.3 is 0 Å². The molecule has 1 aliphatic carbocycles. The smallest absolute Gasteiger partial charge is 0.253 e. The summed E-state index contributed by atoms with van der Waals surface area (Å²) >= 11 is 0. The van der Waals surface area contributed by atoms with Gasteiger partial charge < -0.3 is 10.4 Å². The summed E-state index contributed by atoms with van der Waals surface area (Å²) in [7, 11) is 0. The average Bonchev–Trinajstić information content (AvgIpc) is 2.39. The van der Waals surface area contributed by atoms with E-state index in [2.05, 4.69) is 12.2 Å². The number of amides is 1. The molecule has 2 N–H and O–H groups in total. The van der Waals surface area contributed by atoms with Gasteiger partial charge in [-0.2, -0.15) is 0 Å². The monoisotopic (exact) mass is 247 g/mol. The normalized spacial score (nSPS) is 25.4. The van der Waals surface area contributed by atoms with E-state index in [9.17, 15) is 9.90 Å². The van der Waals surface area contributed by atoms with Crippen molar-refractivity contribution in [2.24, 2.45) is 5.92 Å². The quantitative estimate of drug-likeness (QED) is 0.861. The van der Waals surface area contributed by atoms with Crippen LogP contribution in [0.3, 0.4) is 0 Å². The van der Waals surface area contributed by atoms with Crippen LogP contribution in [0.1, 0.15) is 44.3 Å². The van der Waals surface area contributed by atoms with E-state index in [1.165, 1.54) is 6.42 Å². The third-order valence-electron chi connectivity index (χ3n) is 3.65. The van der Waals surface area contributed by atoms with Crippen LogP contribution < -0.4 is 5.32 Å². The van der Waals surface area contributed by atoms with Crippen LogP contribution in [0.5, 0.6) is 0 Å². The number of benzene rings is 1. The molecule has 1 aliphatic rings. The topological polar surface area (TPSA) is 49.3 Å². The van der Waals surface area contributed by atoms with Crippen molar-refractivity contribution in [1.82, 2.24) is 5.32 Å². The summed E-state index contributed by atoms with van der Waals surface area (Å²) in [5, 5.41) is 12.9. The van der Waals surface area contributed by atoms with Crippen molar-refractivity contribution in [3.8, 4) is 0 Å². The van der Waals surface area contributed by atoms with E-state index < -0.39 is 6.10 Å². The number of nitrogens with one attached hydrogen (secondary N) is 1. The molecule has 1 fully saturated rings. The van der Waals surface area contributed by atoms with E-state index in [0.29, 0.717) is 11.5 Å². The molecular formula is C15H21NO2. The highest BCUT2D eigenvalue weighted by molar-refractivity contribution is 5.82. The Morgan fingerprint density at radius 3 is 2.72 bits per heavy atom. The Balaban J connectivity index is 1.91. The maximum absolute atomic E-state index is 12.0.